The van der Waals surface area contributed by atoms with Crippen LogP contribution >= 0.6 is 0 Å². The lowest BCUT2D eigenvalue weighted by molar-refractivity contribution is 0.653. The van der Waals surface area contributed by atoms with Gasteiger partial charge in [-0.1, -0.05) is 158 Å². The number of benzene rings is 11. The highest BCUT2D eigenvalue weighted by Gasteiger charge is 2.24. The van der Waals surface area contributed by atoms with Gasteiger partial charge in [0.05, 0.1) is 33.1 Å². The van der Waals surface area contributed by atoms with Crippen molar-refractivity contribution in [2.45, 2.75) is 0 Å². The maximum absolute atomic E-state index is 6.72. The molecule has 0 unspecified atom stereocenters. The summed E-state index contributed by atoms with van der Waals surface area (Å²) >= 11 is 0. The number of furan rings is 2. The lowest BCUT2D eigenvalue weighted by Gasteiger charge is -2.09. The van der Waals surface area contributed by atoms with Crippen molar-refractivity contribution < 1.29 is 8.83 Å². The number of rotatable bonds is 7. The Bertz CT molecular complexity index is 4970. The third-order valence-electron chi connectivity index (χ3n) is 15.4. The molecule has 16 aromatic rings. The minimum Gasteiger partial charge on any atom is -0.456 e. The van der Waals surface area contributed by atoms with Crippen LogP contribution in [0.2, 0.25) is 0 Å². The standard InChI is InChI=1S/C70H42N4O2/c1-5-16-43(17-6-1)45-31-37-64-58(41-45)67-68(71-69(72-70(67)76-64)44-18-7-2-8-19-44)53-25-15-27-65-66(53)57-42-49(32-36-63(57)75-65)48-30-35-62-56(40-48)55-39-47(29-34-61(55)74(62)51-22-11-4-12-23-51)46-28-33-60-54(38-46)52-24-13-14-26-59(52)73(60)50-20-9-3-10-21-50/h1-42H. The number of hydrogen-bond donors (Lipinski definition) is 0. The first-order valence-corrected chi connectivity index (χ1v) is 25.7. The van der Waals surface area contributed by atoms with Crippen molar-refractivity contribution in [2.75, 3.05) is 0 Å². The van der Waals surface area contributed by atoms with Gasteiger partial charge in [0.15, 0.2) is 5.82 Å². The van der Waals surface area contributed by atoms with E-state index in [1.807, 2.05) is 42.5 Å². The van der Waals surface area contributed by atoms with Crippen LogP contribution in [0.25, 0.3) is 155 Å². The molecule has 6 nitrogen and oxygen atoms in total. The van der Waals surface area contributed by atoms with Gasteiger partial charge in [0.25, 0.3) is 0 Å². The Morgan fingerprint density at radius 1 is 0.276 bits per heavy atom. The second-order valence-corrected chi connectivity index (χ2v) is 19.7. The van der Waals surface area contributed by atoms with Gasteiger partial charge in [-0.15, -0.1) is 0 Å². The number of nitrogens with zero attached hydrogens (tertiary/aromatic N) is 4. The fraction of sp³-hybridized carbons (Fsp3) is 0. The smallest absolute Gasteiger partial charge is 0.231 e. The van der Waals surface area contributed by atoms with Crippen LogP contribution in [0.1, 0.15) is 0 Å². The summed E-state index contributed by atoms with van der Waals surface area (Å²) < 4.78 is 18.1. The van der Waals surface area contributed by atoms with E-state index in [9.17, 15) is 0 Å². The first-order valence-electron chi connectivity index (χ1n) is 25.7. The summed E-state index contributed by atoms with van der Waals surface area (Å²) in [7, 11) is 0. The molecule has 11 aromatic carbocycles. The molecule has 0 radical (unpaired) electrons. The van der Waals surface area contributed by atoms with E-state index in [-0.39, 0.29) is 0 Å². The van der Waals surface area contributed by atoms with E-state index in [0.717, 1.165) is 99.8 Å². The molecular formula is C70H42N4O2. The van der Waals surface area contributed by atoms with Crippen molar-refractivity contribution in [3.8, 4) is 67.4 Å². The Hall–Kier alpha value is -10.3. The van der Waals surface area contributed by atoms with E-state index in [1.165, 1.54) is 43.7 Å². The van der Waals surface area contributed by atoms with Crippen LogP contribution in [0.15, 0.2) is 264 Å². The Morgan fingerprint density at radius 2 is 0.724 bits per heavy atom. The Morgan fingerprint density at radius 3 is 1.32 bits per heavy atom. The third kappa shape index (κ3) is 6.54. The monoisotopic (exact) mass is 970 g/mol. The van der Waals surface area contributed by atoms with Gasteiger partial charge in [-0.3, -0.25) is 0 Å². The minimum absolute atomic E-state index is 0.539. The van der Waals surface area contributed by atoms with Gasteiger partial charge in [0, 0.05) is 60.2 Å². The third-order valence-corrected chi connectivity index (χ3v) is 15.4. The maximum Gasteiger partial charge on any atom is 0.231 e. The van der Waals surface area contributed by atoms with Gasteiger partial charge in [0.2, 0.25) is 5.71 Å². The highest BCUT2D eigenvalue weighted by molar-refractivity contribution is 6.20. The summed E-state index contributed by atoms with van der Waals surface area (Å²) in [6, 6.07) is 90.6. The highest BCUT2D eigenvalue weighted by atomic mass is 16.3. The number of para-hydroxylation sites is 3. The molecule has 5 heterocycles. The lowest BCUT2D eigenvalue weighted by Crippen LogP contribution is -1.94. The van der Waals surface area contributed by atoms with Gasteiger partial charge in [-0.05, 0) is 130 Å². The minimum atomic E-state index is 0.539. The maximum atomic E-state index is 6.72. The molecule has 0 fully saturated rings. The number of fused-ring (bicyclic) bond motifs is 12. The Labute approximate surface area is 435 Å². The van der Waals surface area contributed by atoms with Gasteiger partial charge >= 0.3 is 0 Å². The molecule has 0 aliphatic rings. The van der Waals surface area contributed by atoms with Crippen LogP contribution in [0, 0.1) is 0 Å². The molecule has 5 aromatic heterocycles. The van der Waals surface area contributed by atoms with E-state index in [1.54, 1.807) is 0 Å². The molecule has 0 aliphatic carbocycles. The van der Waals surface area contributed by atoms with Gasteiger partial charge in [0.1, 0.15) is 16.7 Å². The summed E-state index contributed by atoms with van der Waals surface area (Å²) in [6.45, 7) is 0. The largest absolute Gasteiger partial charge is 0.456 e. The summed E-state index contributed by atoms with van der Waals surface area (Å²) in [5.74, 6) is 0.596. The van der Waals surface area contributed by atoms with Crippen LogP contribution in [-0.2, 0) is 0 Å². The quantitative estimate of drug-likeness (QED) is 0.160. The average Bonchev–Trinajstić information content (AvgIpc) is 4.26. The van der Waals surface area contributed by atoms with Crippen molar-refractivity contribution in [3.63, 3.8) is 0 Å². The fourth-order valence-electron chi connectivity index (χ4n) is 11.8. The second kappa shape index (κ2) is 16.6. The molecule has 0 bridgehead atoms. The molecule has 0 spiro atoms. The molecule has 76 heavy (non-hydrogen) atoms. The molecule has 0 amide bonds. The highest BCUT2D eigenvalue weighted by Crippen LogP contribution is 2.45. The van der Waals surface area contributed by atoms with Gasteiger partial charge in [-0.2, -0.15) is 4.98 Å². The van der Waals surface area contributed by atoms with Crippen molar-refractivity contribution in [1.29, 1.82) is 0 Å². The van der Waals surface area contributed by atoms with Crippen LogP contribution < -0.4 is 0 Å². The second-order valence-electron chi connectivity index (χ2n) is 19.7. The van der Waals surface area contributed by atoms with Crippen molar-refractivity contribution in [1.82, 2.24) is 19.1 Å². The molecule has 16 rings (SSSR count). The summed E-state index contributed by atoms with van der Waals surface area (Å²) in [6.07, 6.45) is 0. The molecular weight excluding hydrogens is 929 g/mol. The SMILES string of the molecule is c1ccc(-c2ccc3oc4nc(-c5ccccc5)nc(-c5cccc6oc7ccc(-c8ccc9c(c8)c8cc(-c%10ccc%11c(c%10)c%10ccccc%10n%11-c%10ccccc%10)ccc8n9-c8ccccc8)cc7c56)c4c3c2)cc1. The van der Waals surface area contributed by atoms with Crippen LogP contribution in [0.5, 0.6) is 0 Å². The predicted molar refractivity (Wildman–Crippen MR) is 312 cm³/mol. The zero-order valence-corrected chi connectivity index (χ0v) is 40.9. The van der Waals surface area contributed by atoms with E-state index < -0.39 is 0 Å². The number of hydrogen-bond acceptors (Lipinski definition) is 4. The fourth-order valence-corrected chi connectivity index (χ4v) is 11.8. The zero-order valence-electron chi connectivity index (χ0n) is 40.9. The number of aromatic nitrogens is 4. The first kappa shape index (κ1) is 42.2. The van der Waals surface area contributed by atoms with E-state index in [2.05, 4.69) is 221 Å². The molecule has 0 atom stereocenters. The van der Waals surface area contributed by atoms with Gasteiger partial charge in [-0.25, -0.2) is 4.98 Å². The summed E-state index contributed by atoms with van der Waals surface area (Å²) in [4.78, 5) is 10.5. The Balaban J connectivity index is 0.878. The van der Waals surface area contributed by atoms with Crippen molar-refractivity contribution >= 4 is 87.6 Å². The Kier molecular flexibility index (Phi) is 9.23. The molecule has 0 N–H and O–H groups in total. The van der Waals surface area contributed by atoms with E-state index in [4.69, 9.17) is 18.8 Å². The van der Waals surface area contributed by atoms with Gasteiger partial charge < -0.3 is 18.0 Å². The predicted octanol–water partition coefficient (Wildman–Crippen LogP) is 18.8. The van der Waals surface area contributed by atoms with Crippen LogP contribution in [-0.4, -0.2) is 19.1 Å². The molecule has 6 heteroatoms. The van der Waals surface area contributed by atoms with Crippen molar-refractivity contribution in [2.24, 2.45) is 0 Å². The van der Waals surface area contributed by atoms with E-state index >= 15 is 0 Å². The van der Waals surface area contributed by atoms with Crippen LogP contribution in [0.4, 0.5) is 0 Å². The lowest BCUT2D eigenvalue weighted by atomic mass is 9.96. The molecule has 0 saturated heterocycles. The molecule has 354 valence electrons. The summed E-state index contributed by atoms with van der Waals surface area (Å²) in [5, 5.41) is 8.64. The topological polar surface area (TPSA) is 61.9 Å². The van der Waals surface area contributed by atoms with E-state index in [0.29, 0.717) is 11.5 Å². The van der Waals surface area contributed by atoms with Crippen molar-refractivity contribution in [3.05, 3.63) is 255 Å². The molecule has 0 saturated carbocycles. The first-order chi connectivity index (χ1) is 37.7. The average molecular weight is 971 g/mol. The van der Waals surface area contributed by atoms with Crippen LogP contribution in [0.3, 0.4) is 0 Å². The molecule has 0 aliphatic heterocycles. The summed E-state index contributed by atoms with van der Waals surface area (Å²) in [5.41, 5.74) is 19.2. The normalized spacial score (nSPS) is 11.9. The zero-order chi connectivity index (χ0) is 49.8.